The molecular formula is C7H15N5OS. The second-order valence-electron chi connectivity index (χ2n) is 3.00. The van der Waals surface area contributed by atoms with Crippen molar-refractivity contribution in [3.63, 3.8) is 0 Å². The first-order valence-electron chi connectivity index (χ1n) is 4.42. The fraction of sp³-hybridized carbons (Fsp3) is 0.857. The fourth-order valence-electron chi connectivity index (χ4n) is 0.995. The molecule has 1 rings (SSSR count). The van der Waals surface area contributed by atoms with Crippen molar-refractivity contribution in [2.45, 2.75) is 13.0 Å². The normalized spacial score (nSPS) is 13.0. The molecule has 0 aliphatic rings. The number of aryl methyl sites for hydroxylation is 1. The number of hydrogen-bond acceptors (Lipinski definition) is 5. The average Bonchev–Trinajstić information content (AvgIpc) is 2.50. The number of nitrogens with zero attached hydrogens (tertiary/aromatic N) is 4. The van der Waals surface area contributed by atoms with E-state index in [2.05, 4.69) is 20.7 Å². The Kier molecular flexibility index (Phi) is 4.68. The molecule has 0 aromatic carbocycles. The second-order valence-corrected chi connectivity index (χ2v) is 4.56. The predicted octanol–water partition coefficient (Wildman–Crippen LogP) is -0.932. The highest BCUT2D eigenvalue weighted by Crippen LogP contribution is 1.85. The summed E-state index contributed by atoms with van der Waals surface area (Å²) in [5, 5.41) is 14.7. The number of tetrazole rings is 1. The molecule has 0 bridgehead atoms. The Morgan fingerprint density at radius 3 is 2.93 bits per heavy atom. The van der Waals surface area contributed by atoms with Gasteiger partial charge >= 0.3 is 0 Å². The van der Waals surface area contributed by atoms with Gasteiger partial charge in [0.05, 0.1) is 13.6 Å². The third-order valence-electron chi connectivity index (χ3n) is 1.62. The zero-order valence-electron chi connectivity index (χ0n) is 8.43. The molecule has 0 aliphatic carbocycles. The van der Waals surface area contributed by atoms with Crippen LogP contribution in [0.5, 0.6) is 0 Å². The van der Waals surface area contributed by atoms with Gasteiger partial charge in [-0.25, -0.2) is 0 Å². The quantitative estimate of drug-likeness (QED) is 0.623. The van der Waals surface area contributed by atoms with Crippen LogP contribution < -0.4 is 5.32 Å². The zero-order chi connectivity index (χ0) is 10.4. The van der Waals surface area contributed by atoms with Crippen molar-refractivity contribution < 1.29 is 4.21 Å². The van der Waals surface area contributed by atoms with E-state index >= 15 is 0 Å². The van der Waals surface area contributed by atoms with Gasteiger partial charge in [-0.05, 0) is 18.2 Å². The highest BCUT2D eigenvalue weighted by molar-refractivity contribution is 7.84. The topological polar surface area (TPSA) is 72.7 Å². The standard InChI is InChI=1S/C7H15N5OS/c1-12-10-7(9-11-12)6-8-4-3-5-14(2)13/h8H,3-6H2,1-2H3. The van der Waals surface area contributed by atoms with Gasteiger partial charge in [-0.1, -0.05) is 0 Å². The molecule has 0 aliphatic heterocycles. The van der Waals surface area contributed by atoms with E-state index in [1.165, 1.54) is 4.80 Å². The van der Waals surface area contributed by atoms with Crippen LogP contribution in [0.2, 0.25) is 0 Å². The van der Waals surface area contributed by atoms with E-state index in [0.29, 0.717) is 12.4 Å². The largest absolute Gasteiger partial charge is 0.310 e. The molecule has 0 saturated carbocycles. The van der Waals surface area contributed by atoms with Gasteiger partial charge in [0.1, 0.15) is 0 Å². The van der Waals surface area contributed by atoms with Crippen molar-refractivity contribution in [1.29, 1.82) is 0 Å². The van der Waals surface area contributed by atoms with Crippen LogP contribution in [-0.2, 0) is 24.4 Å². The molecule has 0 saturated heterocycles. The lowest BCUT2D eigenvalue weighted by molar-refractivity contribution is 0.617. The smallest absolute Gasteiger partial charge is 0.188 e. The van der Waals surface area contributed by atoms with Crippen molar-refractivity contribution in [3.05, 3.63) is 5.82 Å². The monoisotopic (exact) mass is 217 g/mol. The molecule has 1 heterocycles. The van der Waals surface area contributed by atoms with Crippen molar-refractivity contribution in [2.24, 2.45) is 7.05 Å². The summed E-state index contributed by atoms with van der Waals surface area (Å²) in [4.78, 5) is 1.43. The molecule has 1 atom stereocenters. The Balaban J connectivity index is 2.07. The summed E-state index contributed by atoms with van der Waals surface area (Å²) < 4.78 is 10.7. The fourth-order valence-corrected chi connectivity index (χ4v) is 1.55. The molecule has 0 amide bonds. The summed E-state index contributed by atoms with van der Waals surface area (Å²) >= 11 is 0. The minimum Gasteiger partial charge on any atom is -0.310 e. The molecule has 14 heavy (non-hydrogen) atoms. The summed E-state index contributed by atoms with van der Waals surface area (Å²) in [5.41, 5.74) is 0. The van der Waals surface area contributed by atoms with Crippen LogP contribution >= 0.6 is 0 Å². The van der Waals surface area contributed by atoms with Gasteiger partial charge in [-0.3, -0.25) is 4.21 Å². The Hall–Kier alpha value is -0.820. The number of rotatable bonds is 6. The van der Waals surface area contributed by atoms with Crippen molar-refractivity contribution in [3.8, 4) is 0 Å². The van der Waals surface area contributed by atoms with E-state index in [-0.39, 0.29) is 0 Å². The Labute approximate surface area is 85.5 Å². The van der Waals surface area contributed by atoms with Crippen LogP contribution in [0.15, 0.2) is 0 Å². The Morgan fingerprint density at radius 1 is 1.57 bits per heavy atom. The van der Waals surface area contributed by atoms with Crippen molar-refractivity contribution in [1.82, 2.24) is 25.5 Å². The van der Waals surface area contributed by atoms with Crippen LogP contribution in [0.4, 0.5) is 0 Å². The molecule has 1 N–H and O–H groups in total. The molecule has 1 unspecified atom stereocenters. The van der Waals surface area contributed by atoms with Crippen LogP contribution in [-0.4, -0.2) is 43.0 Å². The van der Waals surface area contributed by atoms with Crippen LogP contribution in [0, 0.1) is 0 Å². The van der Waals surface area contributed by atoms with E-state index in [0.717, 1.165) is 18.7 Å². The third kappa shape index (κ3) is 4.43. The maximum Gasteiger partial charge on any atom is 0.188 e. The summed E-state index contributed by atoms with van der Waals surface area (Å²) in [6.45, 7) is 1.45. The first-order valence-corrected chi connectivity index (χ1v) is 6.15. The molecule has 80 valence electrons. The van der Waals surface area contributed by atoms with Gasteiger partial charge in [-0.15, -0.1) is 10.2 Å². The SMILES string of the molecule is Cn1nnc(CNCCCS(C)=O)n1. The minimum atomic E-state index is -0.697. The average molecular weight is 217 g/mol. The van der Waals surface area contributed by atoms with Crippen molar-refractivity contribution >= 4 is 10.8 Å². The summed E-state index contributed by atoms with van der Waals surface area (Å²) in [5.74, 6) is 1.42. The van der Waals surface area contributed by atoms with Crippen molar-refractivity contribution in [2.75, 3.05) is 18.6 Å². The maximum atomic E-state index is 10.7. The zero-order valence-corrected chi connectivity index (χ0v) is 9.25. The number of nitrogens with one attached hydrogen (secondary N) is 1. The number of hydrogen-bond donors (Lipinski definition) is 1. The van der Waals surface area contributed by atoms with Gasteiger partial charge in [0.15, 0.2) is 5.82 Å². The predicted molar refractivity (Wildman–Crippen MR) is 54.1 cm³/mol. The van der Waals surface area contributed by atoms with Crippen LogP contribution in [0.25, 0.3) is 0 Å². The van der Waals surface area contributed by atoms with Crippen LogP contribution in [0.3, 0.4) is 0 Å². The molecule has 0 fully saturated rings. The van der Waals surface area contributed by atoms with Gasteiger partial charge in [0.25, 0.3) is 0 Å². The molecule has 1 aromatic heterocycles. The molecule has 7 heteroatoms. The van der Waals surface area contributed by atoms with E-state index in [1.54, 1.807) is 13.3 Å². The molecule has 0 spiro atoms. The number of aromatic nitrogens is 4. The van der Waals surface area contributed by atoms with Gasteiger partial charge in [0, 0.05) is 22.8 Å². The summed E-state index contributed by atoms with van der Waals surface area (Å²) in [7, 11) is 1.04. The second kappa shape index (κ2) is 5.82. The summed E-state index contributed by atoms with van der Waals surface area (Å²) in [6.07, 6.45) is 2.62. The highest BCUT2D eigenvalue weighted by Gasteiger charge is 1.98. The Morgan fingerprint density at radius 2 is 2.36 bits per heavy atom. The van der Waals surface area contributed by atoms with E-state index in [9.17, 15) is 4.21 Å². The lowest BCUT2D eigenvalue weighted by Crippen LogP contribution is -2.17. The van der Waals surface area contributed by atoms with E-state index in [1.807, 2.05) is 0 Å². The summed E-state index contributed by atoms with van der Waals surface area (Å²) in [6, 6.07) is 0. The van der Waals surface area contributed by atoms with Gasteiger partial charge < -0.3 is 5.32 Å². The minimum absolute atomic E-state index is 0.615. The molecule has 1 aromatic rings. The van der Waals surface area contributed by atoms with Crippen LogP contribution in [0.1, 0.15) is 12.2 Å². The molecule has 0 radical (unpaired) electrons. The third-order valence-corrected chi connectivity index (χ3v) is 2.48. The molecule has 6 nitrogen and oxygen atoms in total. The van der Waals surface area contributed by atoms with E-state index in [4.69, 9.17) is 0 Å². The first-order chi connectivity index (χ1) is 6.68. The lowest BCUT2D eigenvalue weighted by Gasteiger charge is -1.99. The first kappa shape index (κ1) is 11.3. The van der Waals surface area contributed by atoms with E-state index < -0.39 is 10.8 Å². The highest BCUT2D eigenvalue weighted by atomic mass is 32.2. The Bertz CT molecular complexity index is 300. The lowest BCUT2D eigenvalue weighted by atomic mass is 10.4. The maximum absolute atomic E-state index is 10.7. The van der Waals surface area contributed by atoms with Gasteiger partial charge in [-0.2, -0.15) is 4.80 Å². The molecular weight excluding hydrogens is 202 g/mol. The van der Waals surface area contributed by atoms with Gasteiger partial charge in [0.2, 0.25) is 0 Å².